The first-order chi connectivity index (χ1) is 7.09. The van der Waals surface area contributed by atoms with Gasteiger partial charge in [-0.05, 0) is 38.1 Å². The minimum atomic E-state index is -0.0548. The number of hydrogen-bond acceptors (Lipinski definition) is 2. The zero-order chi connectivity index (χ0) is 11.3. The van der Waals surface area contributed by atoms with E-state index in [1.54, 1.807) is 24.3 Å². The van der Waals surface area contributed by atoms with Crippen LogP contribution in [0.3, 0.4) is 0 Å². The molecule has 0 unspecified atom stereocenters. The summed E-state index contributed by atoms with van der Waals surface area (Å²) >= 11 is 4.16. The van der Waals surface area contributed by atoms with Gasteiger partial charge < -0.3 is 5.32 Å². The molecule has 3 heteroatoms. The van der Waals surface area contributed by atoms with Gasteiger partial charge in [0.05, 0.1) is 0 Å². The number of hydrogen-bond donors (Lipinski definition) is 2. The fourth-order valence-corrected chi connectivity index (χ4v) is 1.21. The number of carbonyl (C=O) groups excluding carboxylic acids is 1. The van der Waals surface area contributed by atoms with Crippen LogP contribution in [0.15, 0.2) is 40.8 Å². The van der Waals surface area contributed by atoms with E-state index in [-0.39, 0.29) is 5.91 Å². The Morgan fingerprint density at radius 3 is 2.47 bits per heavy atom. The van der Waals surface area contributed by atoms with Crippen LogP contribution in [0, 0.1) is 0 Å². The lowest BCUT2D eigenvalue weighted by Gasteiger charge is -2.02. The van der Waals surface area contributed by atoms with Crippen LogP contribution in [0.2, 0.25) is 0 Å². The maximum Gasteiger partial charge on any atom is 0.251 e. The monoisotopic (exact) mass is 221 g/mol. The first kappa shape index (κ1) is 11.9. The molecule has 0 saturated heterocycles. The van der Waals surface area contributed by atoms with Crippen LogP contribution in [0.25, 0.3) is 0 Å². The molecule has 1 amide bonds. The van der Waals surface area contributed by atoms with Gasteiger partial charge in [0.25, 0.3) is 5.91 Å². The van der Waals surface area contributed by atoms with E-state index in [1.165, 1.54) is 5.57 Å². The Labute approximate surface area is 95.8 Å². The zero-order valence-electron chi connectivity index (χ0n) is 8.95. The summed E-state index contributed by atoms with van der Waals surface area (Å²) in [6.07, 6.45) is 1.98. The molecule has 0 bridgehead atoms. The van der Waals surface area contributed by atoms with Crippen LogP contribution in [-0.4, -0.2) is 12.5 Å². The van der Waals surface area contributed by atoms with Crippen molar-refractivity contribution in [1.29, 1.82) is 0 Å². The maximum atomic E-state index is 11.6. The van der Waals surface area contributed by atoms with E-state index >= 15 is 0 Å². The Morgan fingerprint density at radius 1 is 1.33 bits per heavy atom. The van der Waals surface area contributed by atoms with Crippen molar-refractivity contribution in [3.05, 3.63) is 41.5 Å². The Balaban J connectivity index is 2.54. The summed E-state index contributed by atoms with van der Waals surface area (Å²) in [5.41, 5.74) is 1.86. The first-order valence-electron chi connectivity index (χ1n) is 4.80. The molecule has 0 fully saturated rings. The van der Waals surface area contributed by atoms with Crippen molar-refractivity contribution >= 4 is 18.5 Å². The summed E-state index contributed by atoms with van der Waals surface area (Å²) in [5.74, 6) is -0.0548. The molecule has 0 aliphatic rings. The first-order valence-corrected chi connectivity index (χ1v) is 5.25. The van der Waals surface area contributed by atoms with Gasteiger partial charge in [-0.1, -0.05) is 11.6 Å². The Bertz CT molecular complexity index is 364. The van der Waals surface area contributed by atoms with Gasteiger partial charge >= 0.3 is 0 Å². The lowest BCUT2D eigenvalue weighted by Crippen LogP contribution is -2.23. The SMILES string of the molecule is CC(C)=CCNC(=O)c1ccc(S)cc1. The molecule has 15 heavy (non-hydrogen) atoms. The summed E-state index contributed by atoms with van der Waals surface area (Å²) in [5, 5.41) is 2.81. The molecule has 0 aliphatic heterocycles. The molecule has 0 atom stereocenters. The summed E-state index contributed by atoms with van der Waals surface area (Å²) in [6.45, 7) is 4.58. The lowest BCUT2D eigenvalue weighted by molar-refractivity contribution is 0.0958. The summed E-state index contributed by atoms with van der Waals surface area (Å²) in [4.78, 5) is 12.4. The molecule has 2 nitrogen and oxygen atoms in total. The maximum absolute atomic E-state index is 11.6. The average Bonchev–Trinajstić information content (AvgIpc) is 2.18. The second kappa shape index (κ2) is 5.61. The third kappa shape index (κ3) is 4.21. The van der Waals surface area contributed by atoms with E-state index in [9.17, 15) is 4.79 Å². The fourth-order valence-electron chi connectivity index (χ4n) is 1.06. The minimum Gasteiger partial charge on any atom is -0.349 e. The quantitative estimate of drug-likeness (QED) is 0.596. The van der Waals surface area contributed by atoms with Gasteiger partial charge in [0.2, 0.25) is 0 Å². The third-order valence-electron chi connectivity index (χ3n) is 1.90. The number of amides is 1. The topological polar surface area (TPSA) is 29.1 Å². The highest BCUT2D eigenvalue weighted by atomic mass is 32.1. The van der Waals surface area contributed by atoms with Crippen molar-refractivity contribution in [1.82, 2.24) is 5.32 Å². The highest BCUT2D eigenvalue weighted by molar-refractivity contribution is 7.80. The molecule has 0 spiro atoms. The molecule has 0 radical (unpaired) electrons. The summed E-state index contributed by atoms with van der Waals surface area (Å²) < 4.78 is 0. The molecule has 0 heterocycles. The van der Waals surface area contributed by atoms with Crippen LogP contribution in [0.1, 0.15) is 24.2 Å². The molecule has 0 saturated carbocycles. The van der Waals surface area contributed by atoms with E-state index in [1.807, 2.05) is 19.9 Å². The molecule has 1 aromatic carbocycles. The van der Waals surface area contributed by atoms with E-state index in [4.69, 9.17) is 0 Å². The highest BCUT2D eigenvalue weighted by Crippen LogP contribution is 2.07. The second-order valence-electron chi connectivity index (χ2n) is 3.54. The number of benzene rings is 1. The van der Waals surface area contributed by atoms with Gasteiger partial charge in [0.15, 0.2) is 0 Å². The van der Waals surface area contributed by atoms with Crippen molar-refractivity contribution in [2.24, 2.45) is 0 Å². The molecule has 80 valence electrons. The van der Waals surface area contributed by atoms with Crippen LogP contribution in [0.4, 0.5) is 0 Å². The lowest BCUT2D eigenvalue weighted by atomic mass is 10.2. The normalized spacial score (nSPS) is 9.53. The number of allylic oxidation sites excluding steroid dienone is 1. The molecule has 0 aromatic heterocycles. The number of nitrogens with one attached hydrogen (secondary N) is 1. The molecular weight excluding hydrogens is 206 g/mol. The minimum absolute atomic E-state index is 0.0548. The summed E-state index contributed by atoms with van der Waals surface area (Å²) in [6, 6.07) is 7.14. The Kier molecular flexibility index (Phi) is 4.43. The predicted octanol–water partition coefficient (Wildman–Crippen LogP) is 2.67. The van der Waals surface area contributed by atoms with Gasteiger partial charge in [-0.2, -0.15) is 0 Å². The predicted molar refractivity (Wildman–Crippen MR) is 65.5 cm³/mol. The number of rotatable bonds is 3. The van der Waals surface area contributed by atoms with Crippen LogP contribution < -0.4 is 5.32 Å². The Hall–Kier alpha value is -1.22. The van der Waals surface area contributed by atoms with Gasteiger partial charge in [-0.25, -0.2) is 0 Å². The summed E-state index contributed by atoms with van der Waals surface area (Å²) in [7, 11) is 0. The Morgan fingerprint density at radius 2 is 1.93 bits per heavy atom. The van der Waals surface area contributed by atoms with E-state index in [0.29, 0.717) is 12.1 Å². The van der Waals surface area contributed by atoms with Crippen molar-refractivity contribution < 1.29 is 4.79 Å². The largest absolute Gasteiger partial charge is 0.349 e. The van der Waals surface area contributed by atoms with E-state index in [2.05, 4.69) is 17.9 Å². The van der Waals surface area contributed by atoms with Crippen molar-refractivity contribution in [3.8, 4) is 0 Å². The van der Waals surface area contributed by atoms with Crippen molar-refractivity contribution in [2.45, 2.75) is 18.7 Å². The van der Waals surface area contributed by atoms with Gasteiger partial charge in [-0.3, -0.25) is 4.79 Å². The van der Waals surface area contributed by atoms with Gasteiger partial charge in [0, 0.05) is 17.0 Å². The van der Waals surface area contributed by atoms with Crippen LogP contribution in [0.5, 0.6) is 0 Å². The highest BCUT2D eigenvalue weighted by Gasteiger charge is 2.02. The van der Waals surface area contributed by atoms with Crippen molar-refractivity contribution in [2.75, 3.05) is 6.54 Å². The fraction of sp³-hybridized carbons (Fsp3) is 0.250. The zero-order valence-corrected chi connectivity index (χ0v) is 9.84. The second-order valence-corrected chi connectivity index (χ2v) is 4.05. The van der Waals surface area contributed by atoms with Gasteiger partial charge in [0.1, 0.15) is 0 Å². The van der Waals surface area contributed by atoms with E-state index < -0.39 is 0 Å². The average molecular weight is 221 g/mol. The molecule has 1 rings (SSSR count). The standard InChI is InChI=1S/C12H15NOS/c1-9(2)7-8-13-12(14)10-3-5-11(15)6-4-10/h3-7,15H,8H2,1-2H3,(H,13,14). The van der Waals surface area contributed by atoms with E-state index in [0.717, 1.165) is 4.90 Å². The molecule has 1 N–H and O–H groups in total. The number of thiol groups is 1. The smallest absolute Gasteiger partial charge is 0.251 e. The molecule has 0 aliphatic carbocycles. The third-order valence-corrected chi connectivity index (χ3v) is 2.20. The molecular formula is C12H15NOS. The number of carbonyl (C=O) groups is 1. The molecule has 1 aromatic rings. The van der Waals surface area contributed by atoms with Crippen LogP contribution in [-0.2, 0) is 0 Å². The van der Waals surface area contributed by atoms with Gasteiger partial charge in [-0.15, -0.1) is 12.6 Å². The van der Waals surface area contributed by atoms with Crippen LogP contribution >= 0.6 is 12.6 Å². The van der Waals surface area contributed by atoms with Crippen molar-refractivity contribution in [3.63, 3.8) is 0 Å².